The Kier molecular flexibility index (Phi) is 5.06. The molecule has 0 aromatic heterocycles. The van der Waals surface area contributed by atoms with Crippen LogP contribution in [0.15, 0.2) is 0 Å². The molecule has 2 aliphatic carbocycles. The Labute approximate surface area is 121 Å². The highest BCUT2D eigenvalue weighted by Crippen LogP contribution is 2.38. The molecule has 2 rings (SSSR count). The van der Waals surface area contributed by atoms with Crippen LogP contribution < -0.4 is 5.32 Å². The molecule has 1 amide bonds. The third kappa shape index (κ3) is 4.22. The van der Waals surface area contributed by atoms with Gasteiger partial charge < -0.3 is 10.4 Å². The lowest BCUT2D eigenvalue weighted by molar-refractivity contribution is -0.142. The lowest BCUT2D eigenvalue weighted by Gasteiger charge is -2.34. The van der Waals surface area contributed by atoms with Crippen molar-refractivity contribution in [3.8, 4) is 0 Å². The first-order chi connectivity index (χ1) is 9.48. The van der Waals surface area contributed by atoms with E-state index in [9.17, 15) is 9.59 Å². The number of amides is 1. The number of carbonyl (C=O) groups excluding carboxylic acids is 1. The Balaban J connectivity index is 1.74. The predicted octanol–water partition coefficient (Wildman–Crippen LogP) is 3.11. The summed E-state index contributed by atoms with van der Waals surface area (Å²) < 4.78 is 0. The number of hydrogen-bond acceptors (Lipinski definition) is 2. The topological polar surface area (TPSA) is 66.4 Å². The second kappa shape index (κ2) is 6.59. The summed E-state index contributed by atoms with van der Waals surface area (Å²) in [6.07, 6.45) is 9.73. The van der Waals surface area contributed by atoms with E-state index in [1.54, 1.807) is 0 Å². The summed E-state index contributed by atoms with van der Waals surface area (Å²) in [5, 5.41) is 12.1. The Morgan fingerprint density at radius 3 is 2.25 bits per heavy atom. The van der Waals surface area contributed by atoms with Crippen LogP contribution in [0.4, 0.5) is 0 Å². The van der Waals surface area contributed by atoms with E-state index in [1.807, 2.05) is 0 Å². The van der Waals surface area contributed by atoms with Crippen molar-refractivity contribution in [1.29, 1.82) is 0 Å². The van der Waals surface area contributed by atoms with E-state index in [4.69, 9.17) is 5.11 Å². The van der Waals surface area contributed by atoms with Crippen molar-refractivity contribution in [2.75, 3.05) is 0 Å². The van der Waals surface area contributed by atoms with E-state index in [0.29, 0.717) is 19.3 Å². The molecule has 0 atom stereocenters. The minimum Gasteiger partial charge on any atom is -0.481 e. The lowest BCUT2D eigenvalue weighted by Crippen LogP contribution is -2.40. The van der Waals surface area contributed by atoms with Crippen LogP contribution >= 0.6 is 0 Å². The molecule has 0 spiro atoms. The van der Waals surface area contributed by atoms with Crippen LogP contribution in [0.1, 0.15) is 71.1 Å². The van der Waals surface area contributed by atoms with Gasteiger partial charge in [0.15, 0.2) is 0 Å². The van der Waals surface area contributed by atoms with Crippen molar-refractivity contribution in [1.82, 2.24) is 5.32 Å². The van der Waals surface area contributed by atoms with Gasteiger partial charge >= 0.3 is 5.97 Å². The maximum absolute atomic E-state index is 12.2. The number of carboxylic acids is 1. The summed E-state index contributed by atoms with van der Waals surface area (Å²) in [5.74, 6) is -0.739. The average molecular weight is 281 g/mol. The monoisotopic (exact) mass is 281 g/mol. The summed E-state index contributed by atoms with van der Waals surface area (Å²) in [5.41, 5.74) is 0.181. The Bertz CT molecular complexity index is 353. The van der Waals surface area contributed by atoms with Gasteiger partial charge in [0, 0.05) is 12.5 Å². The highest BCUT2D eigenvalue weighted by atomic mass is 16.4. The van der Waals surface area contributed by atoms with Gasteiger partial charge in [0.2, 0.25) is 5.91 Å². The Hall–Kier alpha value is -1.06. The molecule has 0 unspecified atom stereocenters. The van der Waals surface area contributed by atoms with Gasteiger partial charge in [0.1, 0.15) is 0 Å². The number of carboxylic acid groups (broad SMARTS) is 1. The molecule has 2 fully saturated rings. The average Bonchev–Trinajstić information content (AvgIpc) is 2.39. The van der Waals surface area contributed by atoms with Gasteiger partial charge in [-0.1, -0.05) is 26.2 Å². The summed E-state index contributed by atoms with van der Waals surface area (Å²) in [6.45, 7) is 2.23. The minimum absolute atomic E-state index is 0.160. The smallest absolute Gasteiger partial charge is 0.306 e. The van der Waals surface area contributed by atoms with Gasteiger partial charge in [-0.3, -0.25) is 9.59 Å². The van der Waals surface area contributed by atoms with Crippen molar-refractivity contribution in [2.45, 2.75) is 77.2 Å². The molecule has 0 aromatic carbocycles. The van der Waals surface area contributed by atoms with Crippen molar-refractivity contribution in [3.05, 3.63) is 0 Å². The highest BCUT2D eigenvalue weighted by Gasteiger charge is 2.31. The van der Waals surface area contributed by atoms with E-state index in [2.05, 4.69) is 12.2 Å². The summed E-state index contributed by atoms with van der Waals surface area (Å²) >= 11 is 0. The van der Waals surface area contributed by atoms with Gasteiger partial charge in [-0.05, 0) is 43.9 Å². The van der Waals surface area contributed by atoms with E-state index < -0.39 is 5.97 Å². The number of carbonyl (C=O) groups is 2. The molecule has 0 aromatic rings. The molecule has 4 heteroatoms. The SMILES string of the molecule is CC1(CC(=O)NC2CCC(C(=O)O)CC2)CCCCC1. The molecular formula is C16H27NO3. The summed E-state index contributed by atoms with van der Waals surface area (Å²) in [4.78, 5) is 23.1. The molecule has 0 heterocycles. The molecule has 2 saturated carbocycles. The van der Waals surface area contributed by atoms with Crippen LogP contribution in [-0.4, -0.2) is 23.0 Å². The zero-order valence-corrected chi connectivity index (χ0v) is 12.5. The maximum atomic E-state index is 12.2. The predicted molar refractivity (Wildman–Crippen MR) is 77.3 cm³/mol. The minimum atomic E-state index is -0.690. The van der Waals surface area contributed by atoms with Crippen molar-refractivity contribution >= 4 is 11.9 Å². The zero-order chi connectivity index (χ0) is 14.6. The fourth-order valence-electron chi connectivity index (χ4n) is 3.73. The Morgan fingerprint density at radius 1 is 1.10 bits per heavy atom. The first kappa shape index (κ1) is 15.3. The largest absolute Gasteiger partial charge is 0.481 e. The van der Waals surface area contributed by atoms with Gasteiger partial charge in [0.25, 0.3) is 0 Å². The van der Waals surface area contributed by atoms with Crippen LogP contribution in [0.25, 0.3) is 0 Å². The molecule has 0 aliphatic heterocycles. The van der Waals surface area contributed by atoms with E-state index >= 15 is 0 Å². The number of hydrogen-bond donors (Lipinski definition) is 2. The number of nitrogens with one attached hydrogen (secondary N) is 1. The molecular weight excluding hydrogens is 254 g/mol. The van der Waals surface area contributed by atoms with Crippen LogP contribution in [0.3, 0.4) is 0 Å². The van der Waals surface area contributed by atoms with Crippen LogP contribution in [0.2, 0.25) is 0 Å². The fourth-order valence-corrected chi connectivity index (χ4v) is 3.73. The van der Waals surface area contributed by atoms with E-state index in [-0.39, 0.29) is 23.3 Å². The van der Waals surface area contributed by atoms with Gasteiger partial charge in [-0.25, -0.2) is 0 Å². The highest BCUT2D eigenvalue weighted by molar-refractivity contribution is 5.77. The molecule has 20 heavy (non-hydrogen) atoms. The molecule has 2 aliphatic rings. The third-order valence-electron chi connectivity index (χ3n) is 5.09. The van der Waals surface area contributed by atoms with Gasteiger partial charge in [-0.15, -0.1) is 0 Å². The van der Waals surface area contributed by atoms with Crippen molar-refractivity contribution in [2.24, 2.45) is 11.3 Å². The van der Waals surface area contributed by atoms with Crippen LogP contribution in [0, 0.1) is 11.3 Å². The first-order valence-electron chi connectivity index (χ1n) is 8.01. The Morgan fingerprint density at radius 2 is 1.70 bits per heavy atom. The quantitative estimate of drug-likeness (QED) is 0.832. The number of rotatable bonds is 4. The lowest BCUT2D eigenvalue weighted by atomic mass is 9.73. The standard InChI is InChI=1S/C16H27NO3/c1-16(9-3-2-4-10-16)11-14(18)17-13-7-5-12(6-8-13)15(19)20/h12-13H,2-11H2,1H3,(H,17,18)(H,19,20). The fraction of sp³-hybridized carbons (Fsp3) is 0.875. The molecule has 4 nitrogen and oxygen atoms in total. The van der Waals surface area contributed by atoms with Gasteiger partial charge in [0.05, 0.1) is 5.92 Å². The van der Waals surface area contributed by atoms with E-state index in [1.165, 1.54) is 19.3 Å². The zero-order valence-electron chi connectivity index (χ0n) is 12.5. The second-order valence-electron chi connectivity index (χ2n) is 7.00. The normalized spacial score (nSPS) is 29.6. The number of aliphatic carboxylic acids is 1. The second-order valence-corrected chi connectivity index (χ2v) is 7.00. The van der Waals surface area contributed by atoms with Crippen LogP contribution in [-0.2, 0) is 9.59 Å². The molecule has 0 radical (unpaired) electrons. The van der Waals surface area contributed by atoms with Crippen molar-refractivity contribution < 1.29 is 14.7 Å². The van der Waals surface area contributed by atoms with Crippen molar-refractivity contribution in [3.63, 3.8) is 0 Å². The van der Waals surface area contributed by atoms with E-state index in [0.717, 1.165) is 25.7 Å². The maximum Gasteiger partial charge on any atom is 0.306 e. The first-order valence-corrected chi connectivity index (χ1v) is 8.01. The molecule has 2 N–H and O–H groups in total. The summed E-state index contributed by atoms with van der Waals surface area (Å²) in [7, 11) is 0. The third-order valence-corrected chi connectivity index (χ3v) is 5.09. The molecule has 114 valence electrons. The summed E-state index contributed by atoms with van der Waals surface area (Å²) in [6, 6.07) is 0.185. The van der Waals surface area contributed by atoms with Crippen LogP contribution in [0.5, 0.6) is 0 Å². The molecule has 0 bridgehead atoms. The van der Waals surface area contributed by atoms with Gasteiger partial charge in [-0.2, -0.15) is 0 Å². The molecule has 0 saturated heterocycles.